The molecule has 0 aliphatic rings. The van der Waals surface area contributed by atoms with Crippen LogP contribution >= 0.6 is 27.5 Å². The van der Waals surface area contributed by atoms with Crippen molar-refractivity contribution in [2.45, 2.75) is 25.1 Å². The highest BCUT2D eigenvalue weighted by Gasteiger charge is 2.09. The van der Waals surface area contributed by atoms with E-state index in [2.05, 4.69) is 39.4 Å². The number of hydrogen-bond acceptors (Lipinski definition) is 3. The summed E-state index contributed by atoms with van der Waals surface area (Å²) in [5.41, 5.74) is 1.12. The molecule has 0 aliphatic carbocycles. The van der Waals surface area contributed by atoms with Crippen molar-refractivity contribution in [1.29, 1.82) is 0 Å². The highest BCUT2D eigenvalue weighted by Crippen LogP contribution is 2.26. The van der Waals surface area contributed by atoms with Crippen molar-refractivity contribution >= 4 is 27.5 Å². The Morgan fingerprint density at radius 1 is 1.70 bits per heavy atom. The van der Waals surface area contributed by atoms with E-state index in [0.29, 0.717) is 4.83 Å². The summed E-state index contributed by atoms with van der Waals surface area (Å²) >= 11 is 4.96. The first-order valence-corrected chi connectivity index (χ1v) is 4.89. The second kappa shape index (κ2) is 3.44. The Morgan fingerprint density at radius 2 is 2.40 bits per heavy atom. The zero-order chi connectivity index (χ0) is 7.56. The van der Waals surface area contributed by atoms with Crippen LogP contribution in [0.5, 0.6) is 0 Å². The molecule has 4 heteroatoms. The van der Waals surface area contributed by atoms with Crippen LogP contribution in [-0.4, -0.2) is 9.59 Å². The number of aryl methyl sites for hydroxylation is 1. The second-order valence-corrected chi connectivity index (χ2v) is 4.21. The van der Waals surface area contributed by atoms with Crippen molar-refractivity contribution in [2.75, 3.05) is 0 Å². The van der Waals surface area contributed by atoms with Crippen molar-refractivity contribution in [1.82, 2.24) is 9.59 Å². The van der Waals surface area contributed by atoms with E-state index >= 15 is 0 Å². The van der Waals surface area contributed by atoms with E-state index in [1.54, 1.807) is 0 Å². The van der Waals surface area contributed by atoms with Gasteiger partial charge in [0.2, 0.25) is 0 Å². The maximum absolute atomic E-state index is 3.99. The molecule has 0 spiro atoms. The maximum Gasteiger partial charge on any atom is 0.0796 e. The molecule has 1 heterocycles. The molecule has 0 aromatic carbocycles. The summed E-state index contributed by atoms with van der Waals surface area (Å²) in [6.07, 6.45) is 0.974. The molecule has 10 heavy (non-hydrogen) atoms. The Bertz CT molecular complexity index is 209. The summed E-state index contributed by atoms with van der Waals surface area (Å²) in [6, 6.07) is 0. The fraction of sp³-hybridized carbons (Fsp3) is 0.667. The molecular formula is C6H9BrN2S. The van der Waals surface area contributed by atoms with E-state index < -0.39 is 0 Å². The van der Waals surface area contributed by atoms with Gasteiger partial charge < -0.3 is 0 Å². The van der Waals surface area contributed by atoms with Gasteiger partial charge in [0.05, 0.1) is 10.6 Å². The predicted octanol–water partition coefficient (Wildman–Crippen LogP) is 2.56. The van der Waals surface area contributed by atoms with E-state index in [9.17, 15) is 0 Å². The lowest BCUT2D eigenvalue weighted by atomic mass is 10.2. The summed E-state index contributed by atoms with van der Waals surface area (Å²) in [5, 5.41) is 3.99. The van der Waals surface area contributed by atoms with Gasteiger partial charge in [0, 0.05) is 4.83 Å². The lowest BCUT2D eigenvalue weighted by Gasteiger charge is -1.97. The largest absolute Gasteiger partial charge is 0.143 e. The van der Waals surface area contributed by atoms with Gasteiger partial charge in [-0.2, -0.15) is 0 Å². The number of aromatic nitrogens is 2. The lowest BCUT2D eigenvalue weighted by Crippen LogP contribution is -1.87. The van der Waals surface area contributed by atoms with Gasteiger partial charge in [-0.3, -0.25) is 0 Å². The van der Waals surface area contributed by atoms with Gasteiger partial charge in [-0.1, -0.05) is 27.3 Å². The summed E-state index contributed by atoms with van der Waals surface area (Å²) in [5.74, 6) is 0. The van der Waals surface area contributed by atoms with Gasteiger partial charge in [-0.15, -0.1) is 5.10 Å². The molecule has 0 saturated carbocycles. The molecule has 0 aliphatic heterocycles. The normalized spacial score (nSPS) is 13.5. The number of halogens is 1. The first-order chi connectivity index (χ1) is 4.75. The highest BCUT2D eigenvalue weighted by molar-refractivity contribution is 9.09. The molecule has 1 atom stereocenters. The van der Waals surface area contributed by atoms with Crippen LogP contribution in [0.1, 0.15) is 29.2 Å². The Morgan fingerprint density at radius 3 is 2.80 bits per heavy atom. The summed E-state index contributed by atoms with van der Waals surface area (Å²) in [6.45, 7) is 4.18. The molecule has 0 N–H and O–H groups in total. The lowest BCUT2D eigenvalue weighted by molar-refractivity contribution is 0.957. The highest BCUT2D eigenvalue weighted by atomic mass is 79.9. The molecule has 0 bridgehead atoms. The van der Waals surface area contributed by atoms with Crippen LogP contribution in [0.15, 0.2) is 0 Å². The van der Waals surface area contributed by atoms with Crippen molar-refractivity contribution in [2.24, 2.45) is 0 Å². The van der Waals surface area contributed by atoms with E-state index in [-0.39, 0.29) is 0 Å². The third-order valence-electron chi connectivity index (χ3n) is 1.28. The minimum Gasteiger partial charge on any atom is -0.143 e. The standard InChI is InChI=1S/C6H9BrN2S/c1-3-5-6(4(2)7)10-9-8-5/h4H,3H2,1-2H3. The number of rotatable bonds is 2. The molecule has 1 unspecified atom stereocenters. The molecule has 1 aromatic rings. The molecule has 1 rings (SSSR count). The molecule has 2 nitrogen and oxygen atoms in total. The van der Waals surface area contributed by atoms with Crippen molar-refractivity contribution in [3.8, 4) is 0 Å². The van der Waals surface area contributed by atoms with E-state index in [4.69, 9.17) is 0 Å². The zero-order valence-electron chi connectivity index (χ0n) is 5.97. The number of alkyl halides is 1. The zero-order valence-corrected chi connectivity index (χ0v) is 8.37. The Balaban J connectivity index is 2.90. The smallest absolute Gasteiger partial charge is 0.0796 e. The Hall–Kier alpha value is 0.0400. The van der Waals surface area contributed by atoms with Crippen LogP contribution in [0.4, 0.5) is 0 Å². The van der Waals surface area contributed by atoms with Crippen molar-refractivity contribution in [3.63, 3.8) is 0 Å². The van der Waals surface area contributed by atoms with Gasteiger partial charge in [-0.25, -0.2) is 0 Å². The topological polar surface area (TPSA) is 25.8 Å². The summed E-state index contributed by atoms with van der Waals surface area (Å²) < 4.78 is 3.88. The van der Waals surface area contributed by atoms with Crippen LogP contribution < -0.4 is 0 Å². The molecule has 0 fully saturated rings. The predicted molar refractivity (Wildman–Crippen MR) is 46.6 cm³/mol. The SMILES string of the molecule is CCc1nnsc1C(C)Br. The molecule has 0 saturated heterocycles. The third-order valence-corrected chi connectivity index (χ3v) is 2.99. The quantitative estimate of drug-likeness (QED) is 0.717. The van der Waals surface area contributed by atoms with Crippen molar-refractivity contribution in [3.05, 3.63) is 10.6 Å². The molecular weight excluding hydrogens is 212 g/mol. The van der Waals surface area contributed by atoms with Gasteiger partial charge >= 0.3 is 0 Å². The van der Waals surface area contributed by atoms with Gasteiger partial charge in [0.25, 0.3) is 0 Å². The van der Waals surface area contributed by atoms with Crippen LogP contribution in [-0.2, 0) is 6.42 Å². The summed E-state index contributed by atoms with van der Waals surface area (Å²) in [7, 11) is 0. The number of hydrogen-bond donors (Lipinski definition) is 0. The Labute approximate surface area is 72.9 Å². The fourth-order valence-corrected chi connectivity index (χ4v) is 1.94. The van der Waals surface area contributed by atoms with E-state index in [1.807, 2.05) is 0 Å². The van der Waals surface area contributed by atoms with Gasteiger partial charge in [0.1, 0.15) is 0 Å². The van der Waals surface area contributed by atoms with Crippen molar-refractivity contribution < 1.29 is 0 Å². The first kappa shape index (κ1) is 8.14. The van der Waals surface area contributed by atoms with Gasteiger partial charge in [0.15, 0.2) is 0 Å². The van der Waals surface area contributed by atoms with Crippen LogP contribution in [0.2, 0.25) is 0 Å². The monoisotopic (exact) mass is 220 g/mol. The third kappa shape index (κ3) is 1.55. The van der Waals surface area contributed by atoms with Crippen LogP contribution in [0, 0.1) is 0 Å². The molecule has 1 aromatic heterocycles. The average Bonchev–Trinajstić information content (AvgIpc) is 2.33. The minimum absolute atomic E-state index is 0.391. The Kier molecular flexibility index (Phi) is 2.80. The fourth-order valence-electron chi connectivity index (χ4n) is 0.763. The molecule has 56 valence electrons. The first-order valence-electron chi connectivity index (χ1n) is 3.21. The van der Waals surface area contributed by atoms with E-state index in [0.717, 1.165) is 12.1 Å². The van der Waals surface area contributed by atoms with Gasteiger partial charge in [-0.05, 0) is 24.9 Å². The van der Waals surface area contributed by atoms with E-state index in [1.165, 1.54) is 16.4 Å². The molecule has 0 amide bonds. The summed E-state index contributed by atoms with van der Waals surface area (Å²) in [4.78, 5) is 1.64. The van der Waals surface area contributed by atoms with Crippen LogP contribution in [0.3, 0.4) is 0 Å². The minimum atomic E-state index is 0.391. The average molecular weight is 221 g/mol. The van der Waals surface area contributed by atoms with Crippen LogP contribution in [0.25, 0.3) is 0 Å². The number of nitrogens with zero attached hydrogens (tertiary/aromatic N) is 2. The second-order valence-electron chi connectivity index (χ2n) is 2.05. The maximum atomic E-state index is 3.99. The molecule has 0 radical (unpaired) electrons.